The van der Waals surface area contributed by atoms with Gasteiger partial charge >= 0.3 is 0 Å². The van der Waals surface area contributed by atoms with Gasteiger partial charge in [0.25, 0.3) is 5.91 Å². The first kappa shape index (κ1) is 13.3. The van der Waals surface area contributed by atoms with E-state index >= 15 is 0 Å². The molecule has 1 atom stereocenters. The van der Waals surface area contributed by atoms with Crippen LogP contribution in [0.4, 0.5) is 11.4 Å². The second kappa shape index (κ2) is 5.34. The Balaban J connectivity index is 1.79. The molecule has 0 bridgehead atoms. The van der Waals surface area contributed by atoms with Crippen molar-refractivity contribution >= 4 is 23.2 Å². The summed E-state index contributed by atoms with van der Waals surface area (Å²) in [6.45, 7) is 0.809. The van der Waals surface area contributed by atoms with Gasteiger partial charge in [0, 0.05) is 36.2 Å². The highest BCUT2D eigenvalue weighted by molar-refractivity contribution is 5.98. The Hall–Kier alpha value is -2.73. The van der Waals surface area contributed by atoms with E-state index in [-0.39, 0.29) is 24.3 Å². The molecule has 0 spiro atoms. The maximum absolute atomic E-state index is 12.0. The van der Waals surface area contributed by atoms with Gasteiger partial charge in [0.15, 0.2) is 6.61 Å². The van der Waals surface area contributed by atoms with Gasteiger partial charge in [-0.25, -0.2) is 0 Å². The lowest BCUT2D eigenvalue weighted by Crippen LogP contribution is -2.27. The van der Waals surface area contributed by atoms with Gasteiger partial charge in [-0.1, -0.05) is 5.11 Å². The van der Waals surface area contributed by atoms with Crippen LogP contribution in [0.3, 0.4) is 0 Å². The maximum atomic E-state index is 12.0. The third kappa shape index (κ3) is 2.61. The van der Waals surface area contributed by atoms with Crippen molar-refractivity contribution in [2.45, 2.75) is 6.42 Å². The number of hydrogen-bond acceptors (Lipinski definition) is 4. The number of amides is 2. The molecule has 21 heavy (non-hydrogen) atoms. The summed E-state index contributed by atoms with van der Waals surface area (Å²) in [5.74, 6) is 0.387. The highest BCUT2D eigenvalue weighted by Gasteiger charge is 2.30. The summed E-state index contributed by atoms with van der Waals surface area (Å²) >= 11 is 0. The van der Waals surface area contributed by atoms with Crippen molar-refractivity contribution in [2.24, 2.45) is 11.0 Å². The predicted molar refractivity (Wildman–Crippen MR) is 75.0 cm³/mol. The first-order chi connectivity index (χ1) is 10.2. The average Bonchev–Trinajstić information content (AvgIpc) is 2.85. The summed E-state index contributed by atoms with van der Waals surface area (Å²) in [6.07, 6.45) is 0.369. The smallest absolute Gasteiger partial charge is 0.262 e. The molecular weight excluding hydrogens is 274 g/mol. The van der Waals surface area contributed by atoms with Crippen LogP contribution in [-0.4, -0.2) is 31.5 Å². The van der Waals surface area contributed by atoms with E-state index in [0.29, 0.717) is 30.9 Å². The molecule has 1 aromatic rings. The largest absolute Gasteiger partial charge is 0.482 e. The molecule has 3 rings (SSSR count). The number of hydrogen-bond donors (Lipinski definition) is 1. The lowest BCUT2D eigenvalue weighted by Gasteiger charge is -2.22. The van der Waals surface area contributed by atoms with Crippen molar-refractivity contribution < 1.29 is 14.3 Å². The minimum atomic E-state index is -0.193. The minimum absolute atomic E-state index is 0.00654. The first-order valence-corrected chi connectivity index (χ1v) is 6.55. The molecule has 1 aromatic carbocycles. The van der Waals surface area contributed by atoms with Crippen molar-refractivity contribution in [1.82, 2.24) is 0 Å². The van der Waals surface area contributed by atoms with Crippen LogP contribution in [0.2, 0.25) is 0 Å². The van der Waals surface area contributed by atoms with Crippen LogP contribution in [0.5, 0.6) is 5.75 Å². The van der Waals surface area contributed by atoms with E-state index in [2.05, 4.69) is 15.3 Å². The molecule has 0 aromatic heterocycles. The van der Waals surface area contributed by atoms with E-state index < -0.39 is 0 Å². The third-order valence-electron chi connectivity index (χ3n) is 3.52. The minimum Gasteiger partial charge on any atom is -0.482 e. The zero-order valence-electron chi connectivity index (χ0n) is 11.2. The predicted octanol–water partition coefficient (Wildman–Crippen LogP) is 1.68. The van der Waals surface area contributed by atoms with E-state index in [4.69, 9.17) is 10.3 Å². The Morgan fingerprint density at radius 3 is 3.14 bits per heavy atom. The standard InChI is InChI=1S/C13H13N5O3/c14-17-15-5-8-3-13(20)18(6-8)9-1-2-10-11(4-9)21-7-12(19)16-10/h1-2,4,8H,3,5-7H2,(H,16,19). The number of benzene rings is 1. The molecule has 2 aliphatic rings. The summed E-state index contributed by atoms with van der Waals surface area (Å²) in [7, 11) is 0. The molecule has 1 N–H and O–H groups in total. The maximum Gasteiger partial charge on any atom is 0.262 e. The second-order valence-electron chi connectivity index (χ2n) is 5.01. The molecule has 0 saturated carbocycles. The number of fused-ring (bicyclic) bond motifs is 1. The van der Waals surface area contributed by atoms with Crippen molar-refractivity contribution in [1.29, 1.82) is 0 Å². The van der Waals surface area contributed by atoms with E-state index in [0.717, 1.165) is 5.69 Å². The monoisotopic (exact) mass is 287 g/mol. The molecule has 1 saturated heterocycles. The number of ether oxygens (including phenoxy) is 1. The Morgan fingerprint density at radius 1 is 1.48 bits per heavy atom. The van der Waals surface area contributed by atoms with Gasteiger partial charge < -0.3 is 15.0 Å². The topological polar surface area (TPSA) is 107 Å². The number of anilines is 2. The van der Waals surface area contributed by atoms with Crippen LogP contribution in [0.15, 0.2) is 23.3 Å². The lowest BCUT2D eigenvalue weighted by molar-refractivity contribution is -0.119. The van der Waals surface area contributed by atoms with Gasteiger partial charge in [0.05, 0.1) is 5.69 Å². The number of azide groups is 1. The fourth-order valence-corrected chi connectivity index (χ4v) is 2.54. The molecule has 1 unspecified atom stereocenters. The summed E-state index contributed by atoms with van der Waals surface area (Å²) in [4.78, 5) is 27.6. The van der Waals surface area contributed by atoms with Crippen molar-refractivity contribution in [3.05, 3.63) is 28.6 Å². The van der Waals surface area contributed by atoms with Crippen molar-refractivity contribution in [3.8, 4) is 5.75 Å². The quantitative estimate of drug-likeness (QED) is 0.519. The van der Waals surface area contributed by atoms with Crippen LogP contribution in [0.25, 0.3) is 10.4 Å². The Morgan fingerprint density at radius 2 is 2.33 bits per heavy atom. The SMILES string of the molecule is [N-]=[N+]=NCC1CC(=O)N(c2ccc3c(c2)OCC(=O)N3)C1. The summed E-state index contributed by atoms with van der Waals surface area (Å²) in [5.41, 5.74) is 9.66. The van der Waals surface area contributed by atoms with E-state index in [1.165, 1.54) is 0 Å². The van der Waals surface area contributed by atoms with Gasteiger partial charge in [-0.15, -0.1) is 0 Å². The highest BCUT2D eigenvalue weighted by Crippen LogP contribution is 2.34. The van der Waals surface area contributed by atoms with Gasteiger partial charge in [-0.3, -0.25) is 9.59 Å². The third-order valence-corrected chi connectivity index (χ3v) is 3.52. The number of carbonyl (C=O) groups is 2. The van der Waals surface area contributed by atoms with E-state index in [1.807, 2.05) is 0 Å². The number of nitrogens with one attached hydrogen (secondary N) is 1. The Kier molecular flexibility index (Phi) is 3.37. The fourth-order valence-electron chi connectivity index (χ4n) is 2.54. The van der Waals surface area contributed by atoms with Crippen LogP contribution >= 0.6 is 0 Å². The first-order valence-electron chi connectivity index (χ1n) is 6.55. The van der Waals surface area contributed by atoms with Gasteiger partial charge in [0.2, 0.25) is 5.91 Å². The number of carbonyl (C=O) groups excluding carboxylic acids is 2. The molecular formula is C13H13N5O3. The second-order valence-corrected chi connectivity index (χ2v) is 5.01. The van der Waals surface area contributed by atoms with Crippen LogP contribution in [-0.2, 0) is 9.59 Å². The van der Waals surface area contributed by atoms with Crippen LogP contribution in [0, 0.1) is 5.92 Å². The molecule has 0 radical (unpaired) electrons. The summed E-state index contributed by atoms with van der Waals surface area (Å²) in [6, 6.07) is 5.22. The van der Waals surface area contributed by atoms with Crippen LogP contribution < -0.4 is 15.0 Å². The number of rotatable bonds is 3. The highest BCUT2D eigenvalue weighted by atomic mass is 16.5. The van der Waals surface area contributed by atoms with E-state index in [9.17, 15) is 9.59 Å². The molecule has 1 fully saturated rings. The van der Waals surface area contributed by atoms with Crippen molar-refractivity contribution in [2.75, 3.05) is 29.9 Å². The zero-order valence-corrected chi connectivity index (χ0v) is 11.2. The zero-order chi connectivity index (χ0) is 14.8. The Labute approximate surface area is 120 Å². The van der Waals surface area contributed by atoms with Crippen LogP contribution in [0.1, 0.15) is 6.42 Å². The average molecular weight is 287 g/mol. The Bertz CT molecular complexity index is 653. The van der Waals surface area contributed by atoms with E-state index in [1.54, 1.807) is 23.1 Å². The molecule has 2 heterocycles. The van der Waals surface area contributed by atoms with Gasteiger partial charge in [0.1, 0.15) is 5.75 Å². The normalized spacial score (nSPS) is 20.4. The summed E-state index contributed by atoms with van der Waals surface area (Å²) in [5, 5.41) is 6.23. The molecule has 8 nitrogen and oxygen atoms in total. The molecule has 0 aliphatic carbocycles. The molecule has 2 amide bonds. The van der Waals surface area contributed by atoms with Gasteiger partial charge in [-0.2, -0.15) is 0 Å². The molecule has 108 valence electrons. The molecule has 2 aliphatic heterocycles. The summed E-state index contributed by atoms with van der Waals surface area (Å²) < 4.78 is 5.35. The van der Waals surface area contributed by atoms with Gasteiger partial charge in [-0.05, 0) is 23.6 Å². The lowest BCUT2D eigenvalue weighted by atomic mass is 10.1. The molecule has 8 heteroatoms. The number of nitrogens with zero attached hydrogens (tertiary/aromatic N) is 4. The van der Waals surface area contributed by atoms with Crippen molar-refractivity contribution in [3.63, 3.8) is 0 Å². The fraction of sp³-hybridized carbons (Fsp3) is 0.385.